The Morgan fingerprint density at radius 3 is 2.85 bits per heavy atom. The van der Waals surface area contributed by atoms with Gasteiger partial charge in [-0.1, -0.05) is 0 Å². The normalized spacial score (nSPS) is 18.9. The Balaban J connectivity index is 2.40. The summed E-state index contributed by atoms with van der Waals surface area (Å²) < 4.78 is 13.5. The fourth-order valence-electron chi connectivity index (χ4n) is 2.51. The number of carbonyl (C=O) groups is 1. The zero-order valence-electron chi connectivity index (χ0n) is 11.1. The van der Waals surface area contributed by atoms with E-state index in [4.69, 9.17) is 5.73 Å². The SMILES string of the molecule is Cc1cc(F)cc(C(=O)N2CCCC(N)C2)c1[N+](=O)[O-]. The molecule has 1 aromatic carbocycles. The van der Waals surface area contributed by atoms with Crippen LogP contribution >= 0.6 is 0 Å². The highest BCUT2D eigenvalue weighted by atomic mass is 19.1. The zero-order chi connectivity index (χ0) is 14.9. The van der Waals surface area contributed by atoms with E-state index < -0.39 is 16.6 Å². The largest absolute Gasteiger partial charge is 0.337 e. The fraction of sp³-hybridized carbons (Fsp3) is 0.462. The van der Waals surface area contributed by atoms with Gasteiger partial charge in [0.1, 0.15) is 11.4 Å². The molecule has 1 aliphatic rings. The number of hydrogen-bond acceptors (Lipinski definition) is 4. The lowest BCUT2D eigenvalue weighted by Crippen LogP contribution is -2.45. The Kier molecular flexibility index (Phi) is 3.99. The van der Waals surface area contributed by atoms with Crippen LogP contribution in [0.1, 0.15) is 28.8 Å². The number of benzene rings is 1. The molecular weight excluding hydrogens is 265 g/mol. The van der Waals surface area contributed by atoms with Crippen LogP contribution in [0.3, 0.4) is 0 Å². The predicted octanol–water partition coefficient (Wildman–Crippen LogP) is 1.61. The summed E-state index contributed by atoms with van der Waals surface area (Å²) in [7, 11) is 0. The highest BCUT2D eigenvalue weighted by molar-refractivity contribution is 5.98. The van der Waals surface area contributed by atoms with Crippen LogP contribution in [-0.2, 0) is 0 Å². The lowest BCUT2D eigenvalue weighted by molar-refractivity contribution is -0.385. The molecule has 1 unspecified atom stereocenters. The molecule has 6 nitrogen and oxygen atoms in total. The maximum absolute atomic E-state index is 13.5. The van der Waals surface area contributed by atoms with Crippen LogP contribution in [0.4, 0.5) is 10.1 Å². The Morgan fingerprint density at radius 1 is 1.55 bits per heavy atom. The molecule has 2 N–H and O–H groups in total. The van der Waals surface area contributed by atoms with E-state index in [9.17, 15) is 19.3 Å². The van der Waals surface area contributed by atoms with Gasteiger partial charge in [0.05, 0.1) is 4.92 Å². The molecule has 0 radical (unpaired) electrons. The van der Waals surface area contributed by atoms with Crippen LogP contribution in [0.5, 0.6) is 0 Å². The number of nitrogens with zero attached hydrogens (tertiary/aromatic N) is 2. The second-order valence-corrected chi connectivity index (χ2v) is 5.03. The van der Waals surface area contributed by atoms with Crippen molar-refractivity contribution in [3.05, 3.63) is 39.2 Å². The van der Waals surface area contributed by atoms with Gasteiger partial charge in [-0.2, -0.15) is 0 Å². The van der Waals surface area contributed by atoms with Crippen molar-refractivity contribution in [1.82, 2.24) is 4.90 Å². The molecule has 2 rings (SSSR count). The molecule has 0 bridgehead atoms. The monoisotopic (exact) mass is 281 g/mol. The number of nitrogens with two attached hydrogens (primary N) is 1. The van der Waals surface area contributed by atoms with E-state index in [1.807, 2.05) is 0 Å². The minimum Gasteiger partial charge on any atom is -0.337 e. The molecule has 0 aliphatic carbocycles. The molecule has 1 heterocycles. The summed E-state index contributed by atoms with van der Waals surface area (Å²) in [6, 6.07) is 1.84. The van der Waals surface area contributed by atoms with Gasteiger partial charge >= 0.3 is 0 Å². The molecule has 20 heavy (non-hydrogen) atoms. The predicted molar refractivity (Wildman–Crippen MR) is 70.9 cm³/mol. The Hall–Kier alpha value is -2.02. The minimum absolute atomic E-state index is 0.138. The first kappa shape index (κ1) is 14.4. The van der Waals surface area contributed by atoms with E-state index in [1.54, 1.807) is 0 Å². The van der Waals surface area contributed by atoms with E-state index in [-0.39, 0.29) is 22.9 Å². The van der Waals surface area contributed by atoms with Gasteiger partial charge in [-0.3, -0.25) is 14.9 Å². The lowest BCUT2D eigenvalue weighted by Gasteiger charge is -2.30. The molecule has 1 amide bonds. The quantitative estimate of drug-likeness (QED) is 0.658. The van der Waals surface area contributed by atoms with Crippen molar-refractivity contribution < 1.29 is 14.1 Å². The second-order valence-electron chi connectivity index (χ2n) is 5.03. The van der Waals surface area contributed by atoms with Gasteiger partial charge in [0, 0.05) is 24.7 Å². The number of halogens is 1. The summed E-state index contributed by atoms with van der Waals surface area (Å²) in [5, 5.41) is 11.1. The number of hydrogen-bond donors (Lipinski definition) is 1. The van der Waals surface area contributed by atoms with Crippen molar-refractivity contribution in [1.29, 1.82) is 0 Å². The summed E-state index contributed by atoms with van der Waals surface area (Å²) in [5.74, 6) is -1.19. The van der Waals surface area contributed by atoms with Crippen molar-refractivity contribution >= 4 is 11.6 Å². The Labute approximate surface area is 115 Å². The topological polar surface area (TPSA) is 89.5 Å². The van der Waals surface area contributed by atoms with Crippen LogP contribution in [0, 0.1) is 22.9 Å². The molecule has 1 fully saturated rings. The van der Waals surface area contributed by atoms with E-state index in [0.29, 0.717) is 13.1 Å². The van der Waals surface area contributed by atoms with Crippen molar-refractivity contribution in [2.75, 3.05) is 13.1 Å². The third-order valence-electron chi connectivity index (χ3n) is 3.42. The average molecular weight is 281 g/mol. The molecular formula is C13H16FN3O3. The van der Waals surface area contributed by atoms with Crippen LogP contribution in [0.15, 0.2) is 12.1 Å². The Bertz CT molecular complexity index is 562. The zero-order valence-corrected chi connectivity index (χ0v) is 11.1. The van der Waals surface area contributed by atoms with Gasteiger partial charge < -0.3 is 10.6 Å². The molecule has 7 heteroatoms. The van der Waals surface area contributed by atoms with Gasteiger partial charge in [-0.15, -0.1) is 0 Å². The number of amides is 1. The van der Waals surface area contributed by atoms with Gasteiger partial charge in [0.25, 0.3) is 11.6 Å². The fourth-order valence-corrected chi connectivity index (χ4v) is 2.51. The van der Waals surface area contributed by atoms with E-state index in [0.717, 1.165) is 25.0 Å². The number of aryl methyl sites for hydroxylation is 1. The standard InChI is InChI=1S/C13H16FN3O3/c1-8-5-9(14)6-11(12(8)17(19)20)13(18)16-4-2-3-10(15)7-16/h5-6,10H,2-4,7,15H2,1H3. The van der Waals surface area contributed by atoms with Crippen molar-refractivity contribution in [2.24, 2.45) is 5.73 Å². The number of rotatable bonds is 2. The van der Waals surface area contributed by atoms with Crippen LogP contribution in [0.25, 0.3) is 0 Å². The number of nitro benzene ring substituents is 1. The minimum atomic E-state index is -0.655. The molecule has 108 valence electrons. The first-order chi connectivity index (χ1) is 9.40. The third-order valence-corrected chi connectivity index (χ3v) is 3.42. The molecule has 0 saturated carbocycles. The molecule has 1 aliphatic heterocycles. The molecule has 0 spiro atoms. The van der Waals surface area contributed by atoms with E-state index in [1.165, 1.54) is 11.8 Å². The molecule has 1 atom stereocenters. The first-order valence-electron chi connectivity index (χ1n) is 6.39. The summed E-state index contributed by atoms with van der Waals surface area (Å²) >= 11 is 0. The van der Waals surface area contributed by atoms with Crippen LogP contribution in [0.2, 0.25) is 0 Å². The van der Waals surface area contributed by atoms with Crippen molar-refractivity contribution in [3.8, 4) is 0 Å². The number of nitro groups is 1. The van der Waals surface area contributed by atoms with Crippen molar-refractivity contribution in [3.63, 3.8) is 0 Å². The van der Waals surface area contributed by atoms with Crippen LogP contribution < -0.4 is 5.73 Å². The summed E-state index contributed by atoms with van der Waals surface area (Å²) in [4.78, 5) is 24.3. The van der Waals surface area contributed by atoms with E-state index in [2.05, 4.69) is 0 Å². The van der Waals surface area contributed by atoms with Crippen molar-refractivity contribution in [2.45, 2.75) is 25.8 Å². The van der Waals surface area contributed by atoms with E-state index >= 15 is 0 Å². The molecule has 1 saturated heterocycles. The maximum atomic E-state index is 13.5. The summed E-state index contributed by atoms with van der Waals surface area (Å²) in [5.41, 5.74) is 5.39. The smallest absolute Gasteiger partial charge is 0.285 e. The maximum Gasteiger partial charge on any atom is 0.285 e. The lowest BCUT2D eigenvalue weighted by atomic mass is 10.0. The van der Waals surface area contributed by atoms with Gasteiger partial charge in [-0.25, -0.2) is 4.39 Å². The summed E-state index contributed by atoms with van der Waals surface area (Å²) in [6.07, 6.45) is 1.56. The number of piperidine rings is 1. The first-order valence-corrected chi connectivity index (χ1v) is 6.39. The Morgan fingerprint density at radius 2 is 2.25 bits per heavy atom. The van der Waals surface area contributed by atoms with Gasteiger partial charge in [0.2, 0.25) is 0 Å². The van der Waals surface area contributed by atoms with Gasteiger partial charge in [0.15, 0.2) is 0 Å². The average Bonchev–Trinajstić information content (AvgIpc) is 2.36. The molecule has 1 aromatic rings. The number of likely N-dealkylation sites (tertiary alicyclic amines) is 1. The highest BCUT2D eigenvalue weighted by Crippen LogP contribution is 2.26. The van der Waals surface area contributed by atoms with Gasteiger partial charge in [-0.05, 0) is 31.9 Å². The highest BCUT2D eigenvalue weighted by Gasteiger charge is 2.29. The van der Waals surface area contributed by atoms with Crippen LogP contribution in [-0.4, -0.2) is 34.9 Å². The summed E-state index contributed by atoms with van der Waals surface area (Å²) in [6.45, 7) is 2.24. The second kappa shape index (κ2) is 5.54. The third kappa shape index (κ3) is 2.77. The molecule has 0 aromatic heterocycles. The number of carbonyl (C=O) groups excluding carboxylic acids is 1.